The summed E-state index contributed by atoms with van der Waals surface area (Å²) in [4.78, 5) is 30.0. The summed E-state index contributed by atoms with van der Waals surface area (Å²) in [5, 5.41) is 12.0. The molecule has 2 aromatic rings. The van der Waals surface area contributed by atoms with Crippen LogP contribution >= 0.6 is 0 Å². The van der Waals surface area contributed by atoms with Gasteiger partial charge in [-0.1, -0.05) is 42.5 Å². The van der Waals surface area contributed by atoms with Crippen molar-refractivity contribution in [2.75, 3.05) is 12.4 Å². The highest BCUT2D eigenvalue weighted by Crippen LogP contribution is 2.52. The van der Waals surface area contributed by atoms with Crippen LogP contribution in [0.2, 0.25) is 0 Å². The number of amides is 1. The summed E-state index contributed by atoms with van der Waals surface area (Å²) in [7, 11) is 1.99. The van der Waals surface area contributed by atoms with Gasteiger partial charge in [-0.05, 0) is 30.0 Å². The van der Waals surface area contributed by atoms with Crippen molar-refractivity contribution in [2.24, 2.45) is 0 Å². The Bertz CT molecular complexity index is 992. The fourth-order valence-corrected chi connectivity index (χ4v) is 5.38. The van der Waals surface area contributed by atoms with Gasteiger partial charge in [0.25, 0.3) is 0 Å². The lowest BCUT2D eigenvalue weighted by Gasteiger charge is -2.41. The Morgan fingerprint density at radius 1 is 1.13 bits per heavy atom. The molecule has 31 heavy (non-hydrogen) atoms. The van der Waals surface area contributed by atoms with Crippen molar-refractivity contribution in [3.8, 4) is 11.1 Å². The summed E-state index contributed by atoms with van der Waals surface area (Å²) < 4.78 is 6.06. The molecule has 7 nitrogen and oxygen atoms in total. The molecule has 2 bridgehead atoms. The Kier molecular flexibility index (Phi) is 4.95. The fraction of sp³-hybridized carbons (Fsp3) is 0.417. The first kappa shape index (κ1) is 20.0. The monoisotopic (exact) mass is 423 g/mol. The molecule has 0 saturated carbocycles. The minimum Gasteiger partial charge on any atom is -0.481 e. The average Bonchev–Trinajstić information content (AvgIpc) is 3.50. The van der Waals surface area contributed by atoms with Gasteiger partial charge in [0.15, 0.2) is 12.1 Å². The summed E-state index contributed by atoms with van der Waals surface area (Å²) in [5.74, 6) is -0.847. The van der Waals surface area contributed by atoms with Crippen molar-refractivity contribution in [1.29, 1.82) is 0 Å². The van der Waals surface area contributed by atoms with Gasteiger partial charge in [0.2, 0.25) is 0 Å². The second kappa shape index (κ2) is 7.66. The van der Waals surface area contributed by atoms with Crippen LogP contribution < -0.4 is 5.32 Å². The van der Waals surface area contributed by atoms with E-state index in [0.29, 0.717) is 12.1 Å². The van der Waals surface area contributed by atoms with Crippen molar-refractivity contribution < 1.29 is 28.9 Å². The molecule has 162 valence electrons. The molecule has 3 fully saturated rings. The van der Waals surface area contributed by atoms with Gasteiger partial charge in [-0.3, -0.25) is 14.9 Å². The van der Waals surface area contributed by atoms with Crippen molar-refractivity contribution in [2.45, 2.75) is 56.4 Å². The van der Waals surface area contributed by atoms with E-state index in [9.17, 15) is 9.59 Å². The number of carboxylic acids is 1. The van der Waals surface area contributed by atoms with E-state index in [2.05, 4.69) is 5.32 Å². The van der Waals surface area contributed by atoms with Gasteiger partial charge >= 0.3 is 12.1 Å². The number of nitrogens with one attached hydrogen (secondary N) is 1. The molecule has 0 radical (unpaired) electrons. The van der Waals surface area contributed by atoms with Crippen LogP contribution in [0, 0.1) is 0 Å². The molecule has 3 heterocycles. The Morgan fingerprint density at radius 2 is 1.84 bits per heavy atom. The SMILES string of the molecule is C[N+]1(OC(=O)Nc2cc(CCC(=O)O)ccc2-c2ccccc2)[C@@H]2CCC[C@H]1[C@@H]1O[C@@H]12. The van der Waals surface area contributed by atoms with Crippen molar-refractivity contribution >= 4 is 17.7 Å². The number of fused-ring (bicyclic) bond motifs is 5. The van der Waals surface area contributed by atoms with Crippen LogP contribution in [0.4, 0.5) is 10.5 Å². The number of anilines is 1. The predicted octanol–water partition coefficient (Wildman–Crippen LogP) is 3.98. The molecule has 5 rings (SSSR count). The molecule has 0 aromatic heterocycles. The smallest absolute Gasteiger partial charge is 0.466 e. The molecule has 7 heteroatoms. The average molecular weight is 423 g/mol. The maximum atomic E-state index is 13.0. The molecule has 1 amide bonds. The molecule has 3 saturated heterocycles. The second-order valence-electron chi connectivity index (χ2n) is 8.83. The third kappa shape index (κ3) is 3.68. The number of morpholine rings is 1. The second-order valence-corrected chi connectivity index (χ2v) is 8.83. The number of ether oxygens (including phenoxy) is 1. The minimum atomic E-state index is -0.847. The van der Waals surface area contributed by atoms with Crippen LogP contribution in [0.5, 0.6) is 0 Å². The predicted molar refractivity (Wildman–Crippen MR) is 114 cm³/mol. The number of piperidine rings is 1. The Hall–Kier alpha value is -2.90. The molecule has 3 aliphatic heterocycles. The third-order valence-corrected chi connectivity index (χ3v) is 6.95. The van der Waals surface area contributed by atoms with E-state index in [1.54, 1.807) is 0 Å². The summed E-state index contributed by atoms with van der Waals surface area (Å²) in [6, 6.07) is 15.9. The number of epoxide rings is 1. The number of hydrogen-bond acceptors (Lipinski definition) is 4. The molecule has 2 aromatic carbocycles. The third-order valence-electron chi connectivity index (χ3n) is 6.95. The number of likely N-dealkylation sites (N-methyl/N-ethyl adjacent to an activating group) is 1. The van der Waals surface area contributed by atoms with E-state index >= 15 is 0 Å². The van der Waals surface area contributed by atoms with Gasteiger partial charge in [-0.25, -0.2) is 4.79 Å². The Balaban J connectivity index is 1.38. The molecular formula is C24H27N2O5+. The van der Waals surface area contributed by atoms with E-state index in [-0.39, 0.29) is 35.4 Å². The van der Waals surface area contributed by atoms with Crippen LogP contribution in [0.1, 0.15) is 31.2 Å². The first-order valence-electron chi connectivity index (χ1n) is 10.9. The number of nitrogens with zero attached hydrogens (tertiary/aromatic N) is 1. The highest BCUT2D eigenvalue weighted by atomic mass is 16.8. The van der Waals surface area contributed by atoms with Gasteiger partial charge < -0.3 is 9.84 Å². The van der Waals surface area contributed by atoms with E-state index in [1.165, 1.54) is 0 Å². The fourth-order valence-electron chi connectivity index (χ4n) is 5.38. The first-order chi connectivity index (χ1) is 15.0. The van der Waals surface area contributed by atoms with Crippen LogP contribution in [0.3, 0.4) is 0 Å². The molecule has 2 N–H and O–H groups in total. The Labute approximate surface area is 181 Å². The van der Waals surface area contributed by atoms with E-state index < -0.39 is 12.1 Å². The van der Waals surface area contributed by atoms with Gasteiger partial charge in [-0.2, -0.15) is 0 Å². The van der Waals surface area contributed by atoms with Crippen LogP contribution in [0.15, 0.2) is 48.5 Å². The number of carbonyl (C=O) groups is 2. The number of rotatable bonds is 6. The van der Waals surface area contributed by atoms with E-state index in [4.69, 9.17) is 14.7 Å². The first-order valence-corrected chi connectivity index (χ1v) is 10.9. The topological polar surface area (TPSA) is 88.2 Å². The number of hydroxylamine groups is 3. The Morgan fingerprint density at radius 3 is 2.52 bits per heavy atom. The number of aryl methyl sites for hydroxylation is 1. The van der Waals surface area contributed by atoms with Crippen LogP contribution in [-0.2, 0) is 20.8 Å². The number of quaternary nitrogens is 1. The number of hydrogen-bond donors (Lipinski definition) is 2. The molecule has 0 spiro atoms. The van der Waals surface area contributed by atoms with Crippen molar-refractivity contribution in [3.63, 3.8) is 0 Å². The highest BCUT2D eigenvalue weighted by Gasteiger charge is 2.73. The van der Waals surface area contributed by atoms with Gasteiger partial charge in [0.05, 0.1) is 5.69 Å². The zero-order valence-electron chi connectivity index (χ0n) is 17.5. The molecule has 1 unspecified atom stereocenters. The molecule has 5 atom stereocenters. The lowest BCUT2D eigenvalue weighted by Crippen LogP contribution is -2.60. The number of carboxylic acid groups (broad SMARTS) is 1. The number of benzene rings is 2. The van der Waals surface area contributed by atoms with E-state index in [0.717, 1.165) is 36.0 Å². The number of carbonyl (C=O) groups excluding carboxylic acids is 1. The standard InChI is InChI=1S/C24H26N2O5/c1-26(19-8-5-9-20(26)23-22(19)30-23)31-24(29)25-18-14-15(11-13-21(27)28)10-12-17(18)16-6-3-2-4-7-16/h2-4,6-7,10,12,14,19-20,22-23H,5,8-9,11,13H2,1H3,(H-,25,27,28,29)/p+1/t19-,20+,22-,23+,26?. The molecular weight excluding hydrogens is 396 g/mol. The summed E-state index contributed by atoms with van der Waals surface area (Å²) >= 11 is 0. The summed E-state index contributed by atoms with van der Waals surface area (Å²) in [5.41, 5.74) is 3.31. The van der Waals surface area contributed by atoms with Crippen LogP contribution in [-0.4, -0.2) is 53.2 Å². The summed E-state index contributed by atoms with van der Waals surface area (Å²) in [6.45, 7) is 0. The zero-order chi connectivity index (χ0) is 21.6. The molecule has 0 aliphatic carbocycles. The lowest BCUT2D eigenvalue weighted by molar-refractivity contribution is -1.11. The quantitative estimate of drug-likeness (QED) is 0.542. The highest BCUT2D eigenvalue weighted by molar-refractivity contribution is 5.91. The van der Waals surface area contributed by atoms with Gasteiger partial charge in [0.1, 0.15) is 19.3 Å². The summed E-state index contributed by atoms with van der Waals surface area (Å²) in [6.07, 6.45) is 3.52. The maximum Gasteiger partial charge on any atom is 0.466 e. The zero-order valence-corrected chi connectivity index (χ0v) is 17.5. The number of aliphatic carboxylic acids is 1. The van der Waals surface area contributed by atoms with Crippen molar-refractivity contribution in [1.82, 2.24) is 0 Å². The van der Waals surface area contributed by atoms with Gasteiger partial charge in [0, 0.05) is 24.8 Å². The maximum absolute atomic E-state index is 13.0. The van der Waals surface area contributed by atoms with Gasteiger partial charge in [-0.15, -0.1) is 4.65 Å². The normalized spacial score (nSPS) is 30.4. The minimum absolute atomic E-state index is 0.0374. The molecule has 3 aliphatic rings. The van der Waals surface area contributed by atoms with E-state index in [1.807, 2.05) is 55.6 Å². The lowest BCUT2D eigenvalue weighted by atomic mass is 9.99. The van der Waals surface area contributed by atoms with Crippen LogP contribution in [0.25, 0.3) is 11.1 Å². The largest absolute Gasteiger partial charge is 0.481 e. The van der Waals surface area contributed by atoms with Crippen molar-refractivity contribution in [3.05, 3.63) is 54.1 Å².